The fourth-order valence-corrected chi connectivity index (χ4v) is 2.18. The Balaban J connectivity index is 2.17. The van der Waals surface area contributed by atoms with Crippen LogP contribution in [-0.2, 0) is 6.42 Å². The van der Waals surface area contributed by atoms with E-state index in [-0.39, 0.29) is 0 Å². The molecule has 0 fully saturated rings. The maximum absolute atomic E-state index is 5.73. The van der Waals surface area contributed by atoms with Gasteiger partial charge in [-0.05, 0) is 30.7 Å². The minimum atomic E-state index is 0.660. The highest BCUT2D eigenvalue weighted by molar-refractivity contribution is 7.99. The lowest BCUT2D eigenvalue weighted by Crippen LogP contribution is -2.11. The second-order valence-corrected chi connectivity index (χ2v) is 4.45. The molecule has 1 nitrogen and oxygen atoms in total. The molecule has 0 saturated heterocycles. The summed E-state index contributed by atoms with van der Waals surface area (Å²) in [7, 11) is 0. The first kappa shape index (κ1) is 8.95. The maximum Gasteiger partial charge on any atom is 0.122 e. The Bertz CT molecular complexity index is 258. The summed E-state index contributed by atoms with van der Waals surface area (Å²) in [5, 5.41) is 0.660. The Morgan fingerprint density at radius 1 is 1.38 bits per heavy atom. The number of hydrogen-bond acceptors (Lipinski definition) is 2. The molecule has 1 atom stereocenters. The molecule has 70 valence electrons. The molecule has 0 aromatic heterocycles. The summed E-state index contributed by atoms with van der Waals surface area (Å²) in [5.74, 6) is 1.08. The van der Waals surface area contributed by atoms with Crippen LogP contribution in [0.1, 0.15) is 12.0 Å². The van der Waals surface area contributed by atoms with Gasteiger partial charge in [0.2, 0.25) is 0 Å². The van der Waals surface area contributed by atoms with Crippen molar-refractivity contribution in [3.05, 3.63) is 29.8 Å². The number of para-hydroxylation sites is 1. The molecule has 0 N–H and O–H groups in total. The van der Waals surface area contributed by atoms with E-state index >= 15 is 0 Å². The van der Waals surface area contributed by atoms with E-state index in [9.17, 15) is 0 Å². The molecular formula is C11H14OS. The quantitative estimate of drug-likeness (QED) is 0.680. The molecule has 1 heterocycles. The average Bonchev–Trinajstić information content (AvgIpc) is 2.39. The molecule has 0 radical (unpaired) electrons. The van der Waals surface area contributed by atoms with Crippen LogP contribution in [0.5, 0.6) is 5.75 Å². The Kier molecular flexibility index (Phi) is 2.79. The fraction of sp³-hybridized carbons (Fsp3) is 0.455. The molecule has 2 rings (SSSR count). The summed E-state index contributed by atoms with van der Waals surface area (Å²) in [6.45, 7) is 0.859. The zero-order chi connectivity index (χ0) is 9.10. The largest absolute Gasteiger partial charge is 0.492 e. The molecule has 0 saturated carbocycles. The van der Waals surface area contributed by atoms with Crippen LogP contribution >= 0.6 is 11.8 Å². The van der Waals surface area contributed by atoms with Gasteiger partial charge < -0.3 is 4.74 Å². The van der Waals surface area contributed by atoms with Crippen molar-refractivity contribution in [2.75, 3.05) is 12.9 Å². The number of fused-ring (bicyclic) bond motifs is 1. The van der Waals surface area contributed by atoms with Gasteiger partial charge in [-0.3, -0.25) is 0 Å². The molecule has 0 aliphatic carbocycles. The number of aryl methyl sites for hydroxylation is 1. The van der Waals surface area contributed by atoms with Crippen molar-refractivity contribution in [2.24, 2.45) is 0 Å². The Morgan fingerprint density at radius 2 is 2.23 bits per heavy atom. The first-order valence-electron chi connectivity index (χ1n) is 4.63. The monoisotopic (exact) mass is 194 g/mol. The van der Waals surface area contributed by atoms with Crippen molar-refractivity contribution >= 4 is 11.8 Å². The van der Waals surface area contributed by atoms with E-state index in [2.05, 4.69) is 24.5 Å². The number of thioether (sulfide) groups is 1. The lowest BCUT2D eigenvalue weighted by atomic mass is 10.1. The minimum absolute atomic E-state index is 0.660. The summed E-state index contributed by atoms with van der Waals surface area (Å²) in [6.07, 6.45) is 4.55. The maximum atomic E-state index is 5.73. The third kappa shape index (κ3) is 1.99. The summed E-state index contributed by atoms with van der Waals surface area (Å²) in [4.78, 5) is 0. The summed E-state index contributed by atoms with van der Waals surface area (Å²) < 4.78 is 5.73. The van der Waals surface area contributed by atoms with Gasteiger partial charge in [0.25, 0.3) is 0 Å². The van der Waals surface area contributed by atoms with E-state index in [1.807, 2.05) is 17.8 Å². The van der Waals surface area contributed by atoms with E-state index in [0.29, 0.717) is 5.25 Å². The number of benzene rings is 1. The predicted octanol–water partition coefficient (Wildman–Crippen LogP) is 2.74. The van der Waals surface area contributed by atoms with E-state index in [0.717, 1.165) is 18.8 Å². The normalized spacial score (nSPS) is 21.5. The first-order chi connectivity index (χ1) is 6.40. The number of rotatable bonds is 1. The van der Waals surface area contributed by atoms with Gasteiger partial charge in [0.05, 0.1) is 0 Å². The Morgan fingerprint density at radius 3 is 3.08 bits per heavy atom. The smallest absolute Gasteiger partial charge is 0.122 e. The van der Waals surface area contributed by atoms with Crippen LogP contribution in [0.3, 0.4) is 0 Å². The van der Waals surface area contributed by atoms with Crippen LogP contribution in [0.2, 0.25) is 0 Å². The number of ether oxygens (including phenoxy) is 1. The third-order valence-electron chi connectivity index (χ3n) is 2.47. The second kappa shape index (κ2) is 4.05. The van der Waals surface area contributed by atoms with Crippen LogP contribution in [0.4, 0.5) is 0 Å². The molecule has 0 spiro atoms. The summed E-state index contributed by atoms with van der Waals surface area (Å²) in [5.41, 5.74) is 1.36. The van der Waals surface area contributed by atoms with Gasteiger partial charge in [0, 0.05) is 5.25 Å². The van der Waals surface area contributed by atoms with E-state index < -0.39 is 0 Å². The second-order valence-electron chi connectivity index (χ2n) is 3.32. The van der Waals surface area contributed by atoms with Gasteiger partial charge in [-0.25, -0.2) is 0 Å². The minimum Gasteiger partial charge on any atom is -0.492 e. The van der Waals surface area contributed by atoms with Crippen LogP contribution in [0.15, 0.2) is 24.3 Å². The summed E-state index contributed by atoms with van der Waals surface area (Å²) in [6, 6.07) is 8.36. The van der Waals surface area contributed by atoms with Gasteiger partial charge in [-0.15, -0.1) is 0 Å². The van der Waals surface area contributed by atoms with Gasteiger partial charge in [0.1, 0.15) is 12.4 Å². The zero-order valence-electron chi connectivity index (χ0n) is 7.82. The van der Waals surface area contributed by atoms with Crippen LogP contribution in [-0.4, -0.2) is 18.1 Å². The fourth-order valence-electron chi connectivity index (χ4n) is 1.62. The predicted molar refractivity (Wildman–Crippen MR) is 57.6 cm³/mol. The average molecular weight is 194 g/mol. The van der Waals surface area contributed by atoms with Crippen molar-refractivity contribution in [3.63, 3.8) is 0 Å². The SMILES string of the molecule is CSC1CCc2ccccc2OC1. The first-order valence-corrected chi connectivity index (χ1v) is 5.92. The molecule has 1 unspecified atom stereocenters. The Hall–Kier alpha value is -0.630. The highest BCUT2D eigenvalue weighted by Gasteiger charge is 2.15. The Labute approximate surface area is 83.5 Å². The highest BCUT2D eigenvalue weighted by Crippen LogP contribution is 2.26. The lowest BCUT2D eigenvalue weighted by Gasteiger charge is -2.09. The van der Waals surface area contributed by atoms with Crippen molar-refractivity contribution in [2.45, 2.75) is 18.1 Å². The molecule has 1 aromatic rings. The van der Waals surface area contributed by atoms with Crippen molar-refractivity contribution in [3.8, 4) is 5.75 Å². The molecule has 0 bridgehead atoms. The van der Waals surface area contributed by atoms with E-state index in [1.54, 1.807) is 0 Å². The molecule has 13 heavy (non-hydrogen) atoms. The summed E-state index contributed by atoms with van der Waals surface area (Å²) >= 11 is 1.90. The molecule has 2 heteroatoms. The van der Waals surface area contributed by atoms with Crippen LogP contribution in [0, 0.1) is 0 Å². The molecule has 0 amide bonds. The lowest BCUT2D eigenvalue weighted by molar-refractivity contribution is 0.322. The van der Waals surface area contributed by atoms with Crippen LogP contribution < -0.4 is 4.74 Å². The van der Waals surface area contributed by atoms with Gasteiger partial charge in [-0.2, -0.15) is 11.8 Å². The van der Waals surface area contributed by atoms with Crippen molar-refractivity contribution < 1.29 is 4.74 Å². The molecule has 1 aromatic carbocycles. The van der Waals surface area contributed by atoms with Crippen LogP contribution in [0.25, 0.3) is 0 Å². The topological polar surface area (TPSA) is 9.23 Å². The van der Waals surface area contributed by atoms with Gasteiger partial charge in [0.15, 0.2) is 0 Å². The van der Waals surface area contributed by atoms with Gasteiger partial charge in [-0.1, -0.05) is 18.2 Å². The highest BCUT2D eigenvalue weighted by atomic mass is 32.2. The third-order valence-corrected chi connectivity index (χ3v) is 3.50. The van der Waals surface area contributed by atoms with Crippen molar-refractivity contribution in [1.29, 1.82) is 0 Å². The van der Waals surface area contributed by atoms with E-state index in [4.69, 9.17) is 4.74 Å². The molecular weight excluding hydrogens is 180 g/mol. The molecule has 1 aliphatic rings. The van der Waals surface area contributed by atoms with Gasteiger partial charge >= 0.3 is 0 Å². The van der Waals surface area contributed by atoms with E-state index in [1.165, 1.54) is 12.0 Å². The van der Waals surface area contributed by atoms with Crippen molar-refractivity contribution in [1.82, 2.24) is 0 Å². The standard InChI is InChI=1S/C11H14OS/c1-13-10-7-6-9-4-2-3-5-11(9)12-8-10/h2-5,10H,6-8H2,1H3. The molecule has 1 aliphatic heterocycles. The number of hydrogen-bond donors (Lipinski definition) is 0. The zero-order valence-corrected chi connectivity index (χ0v) is 8.64.